The highest BCUT2D eigenvalue weighted by Gasteiger charge is 2.37. The normalized spacial score (nSPS) is 12.4. The number of alkyl carbamates (subject to hydrolysis) is 1. The summed E-state index contributed by atoms with van der Waals surface area (Å²) in [6.07, 6.45) is 2.38. The van der Waals surface area contributed by atoms with Crippen LogP contribution in [0.4, 0.5) is 4.79 Å². The number of amides is 2. The van der Waals surface area contributed by atoms with Gasteiger partial charge in [-0.15, -0.1) is 0 Å². The Kier molecular flexibility index (Phi) is 10.0. The van der Waals surface area contributed by atoms with Gasteiger partial charge in [0.05, 0.1) is 13.2 Å². The molecule has 0 spiro atoms. The van der Waals surface area contributed by atoms with Crippen LogP contribution in [-0.2, 0) is 24.6 Å². The van der Waals surface area contributed by atoms with E-state index in [1.807, 2.05) is 91.0 Å². The second-order valence-corrected chi connectivity index (χ2v) is 10.1. The van der Waals surface area contributed by atoms with Crippen molar-refractivity contribution >= 4 is 18.0 Å². The molecule has 0 aliphatic rings. The lowest BCUT2D eigenvalue weighted by molar-refractivity contribution is -0.134. The zero-order chi connectivity index (χ0) is 28.3. The molecule has 0 aliphatic carbocycles. The zero-order valence-electron chi connectivity index (χ0n) is 22.8. The van der Waals surface area contributed by atoms with Crippen LogP contribution in [-0.4, -0.2) is 36.7 Å². The number of rotatable bonds is 10. The molecule has 0 bridgehead atoms. The fraction of sp³-hybridized carbons (Fsp3) is 0.281. The molecule has 0 aliphatic heterocycles. The zero-order valence-corrected chi connectivity index (χ0v) is 22.8. The first-order valence-corrected chi connectivity index (χ1v) is 12.9. The number of carbonyl (C=O) groups excluding carboxylic acids is 3. The van der Waals surface area contributed by atoms with Gasteiger partial charge >= 0.3 is 12.1 Å². The summed E-state index contributed by atoms with van der Waals surface area (Å²) in [6, 6.07) is 28.8. The molecular formula is C32H36N2O5. The molecule has 0 saturated heterocycles. The Hall–Kier alpha value is -4.39. The van der Waals surface area contributed by atoms with E-state index in [1.165, 1.54) is 19.3 Å². The third-order valence-electron chi connectivity index (χ3n) is 6.00. The first kappa shape index (κ1) is 29.2. The van der Waals surface area contributed by atoms with Crippen LogP contribution in [0.1, 0.15) is 50.3 Å². The second-order valence-electron chi connectivity index (χ2n) is 10.1. The fourth-order valence-corrected chi connectivity index (χ4v) is 4.28. The number of benzene rings is 3. The Morgan fingerprint density at radius 2 is 1.26 bits per heavy atom. The summed E-state index contributed by atoms with van der Waals surface area (Å²) in [7, 11) is 1.27. The summed E-state index contributed by atoms with van der Waals surface area (Å²) in [6.45, 7) is 5.28. The Morgan fingerprint density at radius 1 is 0.795 bits per heavy atom. The van der Waals surface area contributed by atoms with Gasteiger partial charge in [-0.1, -0.05) is 97.1 Å². The molecule has 1 atom stereocenters. The molecule has 39 heavy (non-hydrogen) atoms. The van der Waals surface area contributed by atoms with Crippen LogP contribution in [0.25, 0.3) is 0 Å². The molecule has 0 unspecified atom stereocenters. The smallest absolute Gasteiger partial charge is 0.408 e. The monoisotopic (exact) mass is 528 g/mol. The van der Waals surface area contributed by atoms with E-state index < -0.39 is 29.2 Å². The SMILES string of the molecule is COC(=O)/C=C/[C@H](CCC(=O)NC(c1ccccc1)(c1ccccc1)c1ccccc1)NC(=O)OC(C)(C)C. The standard InChI is InChI=1S/C32H36N2O5/c1-31(2,3)39-30(37)33-27(21-23-29(36)38-4)20-22-28(35)34-32(24-14-8-5-9-15-24,25-16-10-6-11-17-25)26-18-12-7-13-19-26/h5-19,21,23,27H,20,22H2,1-4H3,(H,33,37)(H,34,35)/b23-21+/t27-/m0/s1. The van der Waals surface area contributed by atoms with Crippen LogP contribution >= 0.6 is 0 Å². The van der Waals surface area contributed by atoms with Crippen molar-refractivity contribution in [2.45, 2.75) is 50.8 Å². The minimum Gasteiger partial charge on any atom is -0.466 e. The topological polar surface area (TPSA) is 93.7 Å². The predicted molar refractivity (Wildman–Crippen MR) is 151 cm³/mol. The highest BCUT2D eigenvalue weighted by Crippen LogP contribution is 2.36. The van der Waals surface area contributed by atoms with Gasteiger partial charge in [-0.25, -0.2) is 9.59 Å². The number of ether oxygens (including phenoxy) is 2. The number of carbonyl (C=O) groups is 3. The Morgan fingerprint density at radius 3 is 1.67 bits per heavy atom. The molecule has 2 amide bonds. The lowest BCUT2D eigenvalue weighted by Crippen LogP contribution is -2.48. The van der Waals surface area contributed by atoms with Crippen molar-refractivity contribution in [1.29, 1.82) is 0 Å². The van der Waals surface area contributed by atoms with Crippen LogP contribution in [0.3, 0.4) is 0 Å². The second kappa shape index (κ2) is 13.4. The van der Waals surface area contributed by atoms with Gasteiger partial charge in [0, 0.05) is 12.5 Å². The lowest BCUT2D eigenvalue weighted by Gasteiger charge is -2.37. The molecule has 0 radical (unpaired) electrons. The maximum Gasteiger partial charge on any atom is 0.408 e. The van der Waals surface area contributed by atoms with E-state index in [2.05, 4.69) is 15.4 Å². The van der Waals surface area contributed by atoms with E-state index >= 15 is 0 Å². The number of methoxy groups -OCH3 is 1. The average Bonchev–Trinajstić information content (AvgIpc) is 2.93. The molecule has 0 saturated carbocycles. The first-order valence-electron chi connectivity index (χ1n) is 12.9. The van der Waals surface area contributed by atoms with Crippen LogP contribution in [0.2, 0.25) is 0 Å². The third-order valence-corrected chi connectivity index (χ3v) is 6.00. The van der Waals surface area contributed by atoms with E-state index in [0.29, 0.717) is 0 Å². The molecule has 2 N–H and O–H groups in total. The Labute approximate surface area is 230 Å². The summed E-state index contributed by atoms with van der Waals surface area (Å²) in [5, 5.41) is 6.03. The maximum atomic E-state index is 13.6. The molecule has 0 fully saturated rings. The molecule has 204 valence electrons. The van der Waals surface area contributed by atoms with Crippen molar-refractivity contribution in [1.82, 2.24) is 10.6 Å². The van der Waals surface area contributed by atoms with Gasteiger partial charge in [0.1, 0.15) is 11.1 Å². The van der Waals surface area contributed by atoms with E-state index in [1.54, 1.807) is 20.8 Å². The molecular weight excluding hydrogens is 492 g/mol. The molecule has 0 aromatic heterocycles. The Bertz CT molecular complexity index is 1160. The van der Waals surface area contributed by atoms with Gasteiger partial charge in [0.25, 0.3) is 0 Å². The molecule has 3 aromatic carbocycles. The third kappa shape index (κ3) is 8.30. The van der Waals surface area contributed by atoms with Gasteiger partial charge in [-0.2, -0.15) is 0 Å². The predicted octanol–water partition coefficient (Wildman–Crippen LogP) is 5.50. The lowest BCUT2D eigenvalue weighted by atomic mass is 9.77. The summed E-state index contributed by atoms with van der Waals surface area (Å²) in [4.78, 5) is 37.7. The first-order chi connectivity index (χ1) is 18.6. The van der Waals surface area contributed by atoms with Gasteiger partial charge in [-0.05, 0) is 43.9 Å². The maximum absolute atomic E-state index is 13.6. The van der Waals surface area contributed by atoms with E-state index in [-0.39, 0.29) is 18.7 Å². The average molecular weight is 529 g/mol. The molecule has 7 nitrogen and oxygen atoms in total. The number of esters is 1. The van der Waals surface area contributed by atoms with Crippen molar-refractivity contribution < 1.29 is 23.9 Å². The highest BCUT2D eigenvalue weighted by molar-refractivity contribution is 5.82. The van der Waals surface area contributed by atoms with Crippen molar-refractivity contribution in [3.05, 3.63) is 120 Å². The van der Waals surface area contributed by atoms with Crippen molar-refractivity contribution in [2.75, 3.05) is 7.11 Å². The molecule has 3 rings (SSSR count). The van der Waals surface area contributed by atoms with Crippen molar-refractivity contribution in [2.24, 2.45) is 0 Å². The minimum atomic E-state index is -0.948. The minimum absolute atomic E-state index is 0.0697. The fourth-order valence-electron chi connectivity index (χ4n) is 4.28. The summed E-state index contributed by atoms with van der Waals surface area (Å²) < 4.78 is 10.0. The van der Waals surface area contributed by atoms with Crippen LogP contribution in [0.5, 0.6) is 0 Å². The van der Waals surface area contributed by atoms with Crippen LogP contribution in [0.15, 0.2) is 103 Å². The van der Waals surface area contributed by atoms with E-state index in [9.17, 15) is 14.4 Å². The number of hydrogen-bond acceptors (Lipinski definition) is 5. The summed E-state index contributed by atoms with van der Waals surface area (Å²) >= 11 is 0. The van der Waals surface area contributed by atoms with Crippen LogP contribution in [0, 0.1) is 0 Å². The molecule has 0 heterocycles. The quantitative estimate of drug-likeness (QED) is 0.206. The molecule has 7 heteroatoms. The highest BCUT2D eigenvalue weighted by atomic mass is 16.6. The Balaban J connectivity index is 1.91. The van der Waals surface area contributed by atoms with Gasteiger partial charge < -0.3 is 20.1 Å². The van der Waals surface area contributed by atoms with E-state index in [0.717, 1.165) is 16.7 Å². The van der Waals surface area contributed by atoms with Gasteiger partial charge in [0.2, 0.25) is 5.91 Å². The van der Waals surface area contributed by atoms with Gasteiger partial charge in [-0.3, -0.25) is 4.79 Å². The van der Waals surface area contributed by atoms with Crippen LogP contribution < -0.4 is 10.6 Å². The van der Waals surface area contributed by atoms with Gasteiger partial charge in [0.15, 0.2) is 0 Å². The number of hydrogen-bond donors (Lipinski definition) is 2. The number of nitrogens with one attached hydrogen (secondary N) is 2. The van der Waals surface area contributed by atoms with E-state index in [4.69, 9.17) is 4.74 Å². The summed E-state index contributed by atoms with van der Waals surface area (Å²) in [5.74, 6) is -0.791. The van der Waals surface area contributed by atoms with Crippen molar-refractivity contribution in [3.63, 3.8) is 0 Å². The molecule has 3 aromatic rings. The largest absolute Gasteiger partial charge is 0.466 e. The van der Waals surface area contributed by atoms with Crippen molar-refractivity contribution in [3.8, 4) is 0 Å². The summed E-state index contributed by atoms with van der Waals surface area (Å²) in [5.41, 5.74) is 1.08.